The number of benzene rings is 4. The normalized spacial score (nSPS) is 14.7. The monoisotopic (exact) mass is 866 g/mol. The molecular formula is C36H32Cl2F8N6O6. The van der Waals surface area contributed by atoms with E-state index in [0.717, 1.165) is 36.4 Å². The van der Waals surface area contributed by atoms with Crippen LogP contribution in [0.3, 0.4) is 0 Å². The first-order valence-electron chi connectivity index (χ1n) is 16.4. The lowest BCUT2D eigenvalue weighted by Gasteiger charge is -2.28. The summed E-state index contributed by atoms with van der Waals surface area (Å²) >= 11 is 4.71. The minimum atomic E-state index is -1.20. The van der Waals surface area contributed by atoms with Crippen molar-refractivity contribution in [3.63, 3.8) is 0 Å². The van der Waals surface area contributed by atoms with E-state index < -0.39 is 93.0 Å². The molecule has 0 unspecified atom stereocenters. The van der Waals surface area contributed by atoms with Gasteiger partial charge in [0.05, 0.1) is 24.8 Å². The highest BCUT2D eigenvalue weighted by atomic mass is 35.5. The molecule has 0 saturated heterocycles. The largest absolute Gasteiger partial charge is 0.492 e. The quantitative estimate of drug-likeness (QED) is 0.0685. The minimum Gasteiger partial charge on any atom is -0.492 e. The number of halogens is 10. The third-order valence-corrected chi connectivity index (χ3v) is 8.22. The molecule has 0 saturated carbocycles. The summed E-state index contributed by atoms with van der Waals surface area (Å²) in [6.45, 7) is 0.0958. The first-order chi connectivity index (χ1) is 27.0. The number of amides is 5. The van der Waals surface area contributed by atoms with Gasteiger partial charge in [0.25, 0.3) is 11.8 Å². The van der Waals surface area contributed by atoms with E-state index in [2.05, 4.69) is 26.6 Å². The maximum atomic E-state index is 14.4. The highest BCUT2D eigenvalue weighted by Crippen LogP contribution is 2.40. The molecule has 0 bridgehead atoms. The van der Waals surface area contributed by atoms with Gasteiger partial charge in [-0.2, -0.15) is 0 Å². The number of rotatable bonds is 5. The van der Waals surface area contributed by atoms with Gasteiger partial charge in [-0.25, -0.2) is 39.9 Å². The zero-order valence-corrected chi connectivity index (χ0v) is 31.5. The van der Waals surface area contributed by atoms with Crippen molar-refractivity contribution < 1.29 is 63.8 Å². The molecular weight excluding hydrogens is 835 g/mol. The van der Waals surface area contributed by atoms with Crippen molar-refractivity contribution in [1.82, 2.24) is 16.0 Å². The van der Waals surface area contributed by atoms with E-state index in [1.165, 1.54) is 14.1 Å². The molecule has 2 aliphatic heterocycles. The average Bonchev–Trinajstić information content (AvgIpc) is 3.15. The summed E-state index contributed by atoms with van der Waals surface area (Å²) in [7, 11) is 2.84. The van der Waals surface area contributed by atoms with Crippen LogP contribution in [0, 0.1) is 46.5 Å². The van der Waals surface area contributed by atoms with Crippen molar-refractivity contribution in [2.45, 2.75) is 24.9 Å². The van der Waals surface area contributed by atoms with E-state index in [4.69, 9.17) is 26.8 Å². The highest BCUT2D eigenvalue weighted by Gasteiger charge is 2.34. The Morgan fingerprint density at radius 2 is 1.05 bits per heavy atom. The lowest BCUT2D eigenvalue weighted by Crippen LogP contribution is -2.38. The van der Waals surface area contributed by atoms with Gasteiger partial charge in [-0.15, -0.1) is 12.4 Å². The van der Waals surface area contributed by atoms with Crippen LogP contribution in [0.2, 0.25) is 0 Å². The van der Waals surface area contributed by atoms with Gasteiger partial charge >= 0.3 is 11.4 Å². The van der Waals surface area contributed by atoms with Gasteiger partial charge in [-0.1, -0.05) is 0 Å². The Bertz CT molecular complexity index is 2210. The molecule has 2 heterocycles. The minimum absolute atomic E-state index is 0. The second-order valence-corrected chi connectivity index (χ2v) is 12.1. The van der Waals surface area contributed by atoms with E-state index in [-0.39, 0.29) is 66.0 Å². The number of carbonyl (C=O) groups is 4. The van der Waals surface area contributed by atoms with Gasteiger partial charge in [0, 0.05) is 74.2 Å². The summed E-state index contributed by atoms with van der Waals surface area (Å²) in [5.41, 5.74) is 4.17. The van der Waals surface area contributed by atoms with Crippen LogP contribution >= 0.6 is 24.0 Å². The SMILES string of the molecule is CNC(=O)Cl.CNC(=O)N[C@H]1CCOc2c(C(=O)Nc3ccc(F)c(F)c3)c(F)cc(F)c21.Cl.N[C@H]1CCOc2c(C(=O)Nc3ccc(F)c(F)c3)c(F)cc(F)c21. The van der Waals surface area contributed by atoms with Crippen molar-refractivity contribution in [2.75, 3.05) is 37.9 Å². The van der Waals surface area contributed by atoms with Gasteiger partial charge in [0.15, 0.2) is 23.3 Å². The molecule has 0 aliphatic carbocycles. The molecule has 12 nitrogen and oxygen atoms in total. The van der Waals surface area contributed by atoms with E-state index in [1.54, 1.807) is 0 Å². The summed E-state index contributed by atoms with van der Waals surface area (Å²) in [6, 6.07) is 4.15. The van der Waals surface area contributed by atoms with Crippen LogP contribution in [-0.4, -0.2) is 50.5 Å². The van der Waals surface area contributed by atoms with E-state index in [1.807, 2.05) is 0 Å². The van der Waals surface area contributed by atoms with Crippen molar-refractivity contribution in [3.8, 4) is 11.5 Å². The van der Waals surface area contributed by atoms with Gasteiger partial charge in [-0.05, 0) is 35.9 Å². The van der Waals surface area contributed by atoms with E-state index in [9.17, 15) is 54.3 Å². The number of hydrogen-bond acceptors (Lipinski definition) is 7. The Hall–Kier alpha value is -5.86. The number of urea groups is 1. The van der Waals surface area contributed by atoms with Crippen LogP contribution in [-0.2, 0) is 0 Å². The summed E-state index contributed by atoms with van der Waals surface area (Å²) in [4.78, 5) is 45.9. The second kappa shape index (κ2) is 20.5. The standard InChI is InChI=1S/C18H15F4N3O3.C16H12F4N2O2.C2H4ClNO.ClH/c1-23-18(27)25-13-4-5-28-16-14(13)11(21)7-12(22)15(16)17(26)24-8-2-3-9(19)10(20)6-8;17-8-2-1-7(5-9(8)18)22-16(23)14-11(20)6-10(19)13-12(21)3-4-24-15(13)14;1-4-2(3)5;/h2-3,6-7,13H,4-5H2,1H3,(H,24,26)(H2,23,25,27);1-2,5-6,12H,3-4,21H2,(H,22,23);1H3,(H,4,5);1H/t13-;12-;;/m00../s1. The van der Waals surface area contributed by atoms with Crippen LogP contribution in [0.4, 0.5) is 56.1 Å². The smallest absolute Gasteiger partial charge is 0.315 e. The predicted octanol–water partition coefficient (Wildman–Crippen LogP) is 7.51. The van der Waals surface area contributed by atoms with Crippen LogP contribution in [0.5, 0.6) is 11.5 Å². The average molecular weight is 868 g/mol. The number of nitrogens with one attached hydrogen (secondary N) is 5. The number of fused-ring (bicyclic) bond motifs is 2. The Kier molecular flexibility index (Phi) is 16.5. The third kappa shape index (κ3) is 11.2. The second-order valence-electron chi connectivity index (χ2n) is 11.8. The van der Waals surface area contributed by atoms with Crippen molar-refractivity contribution in [1.29, 1.82) is 0 Å². The topological polar surface area (TPSA) is 173 Å². The maximum Gasteiger partial charge on any atom is 0.315 e. The lowest BCUT2D eigenvalue weighted by atomic mass is 9.96. The molecule has 58 heavy (non-hydrogen) atoms. The highest BCUT2D eigenvalue weighted by molar-refractivity contribution is 6.62. The number of carbonyl (C=O) groups excluding carboxylic acids is 4. The molecule has 22 heteroatoms. The molecule has 0 radical (unpaired) electrons. The van der Waals surface area contributed by atoms with Crippen molar-refractivity contribution in [3.05, 3.63) is 117 Å². The fraction of sp³-hybridized carbons (Fsp3) is 0.222. The molecule has 5 amide bonds. The summed E-state index contributed by atoms with van der Waals surface area (Å²) in [6.07, 6.45) is 0.521. The van der Waals surface area contributed by atoms with Gasteiger partial charge < -0.3 is 41.8 Å². The van der Waals surface area contributed by atoms with E-state index >= 15 is 0 Å². The van der Waals surface area contributed by atoms with Gasteiger partial charge in [-0.3, -0.25) is 14.4 Å². The fourth-order valence-corrected chi connectivity index (χ4v) is 5.38. The van der Waals surface area contributed by atoms with Crippen LogP contribution in [0.15, 0.2) is 48.5 Å². The van der Waals surface area contributed by atoms with E-state index in [0.29, 0.717) is 18.6 Å². The summed E-state index contributed by atoms with van der Waals surface area (Å²) in [5, 5.41) is 10.9. The molecule has 4 aromatic rings. The van der Waals surface area contributed by atoms with Crippen LogP contribution in [0.1, 0.15) is 56.8 Å². The Balaban J connectivity index is 0.000000276. The molecule has 0 fully saturated rings. The number of nitrogens with two attached hydrogens (primary N) is 1. The lowest BCUT2D eigenvalue weighted by molar-refractivity contribution is 0.100. The fourth-order valence-electron chi connectivity index (χ4n) is 5.38. The molecule has 6 rings (SSSR count). The number of hydrogen-bond donors (Lipinski definition) is 6. The summed E-state index contributed by atoms with van der Waals surface area (Å²) < 4.78 is 120. The van der Waals surface area contributed by atoms with Crippen LogP contribution < -0.4 is 41.8 Å². The Labute approximate surface area is 335 Å². The zero-order chi connectivity index (χ0) is 42.1. The van der Waals surface area contributed by atoms with Crippen molar-refractivity contribution in [2.24, 2.45) is 5.73 Å². The summed E-state index contributed by atoms with van der Waals surface area (Å²) in [5.74, 6) is -11.5. The number of anilines is 2. The first kappa shape index (κ1) is 46.5. The predicted molar refractivity (Wildman–Crippen MR) is 196 cm³/mol. The molecule has 2 atom stereocenters. The maximum absolute atomic E-state index is 14.4. The Morgan fingerprint density at radius 3 is 1.48 bits per heavy atom. The zero-order valence-electron chi connectivity index (χ0n) is 29.9. The first-order valence-corrected chi connectivity index (χ1v) is 16.8. The molecule has 7 N–H and O–H groups in total. The van der Waals surface area contributed by atoms with Crippen LogP contribution in [0.25, 0.3) is 0 Å². The molecule has 0 spiro atoms. The molecule has 312 valence electrons. The van der Waals surface area contributed by atoms with Gasteiger partial charge in [0.2, 0.25) is 0 Å². The van der Waals surface area contributed by atoms with Gasteiger partial charge in [0.1, 0.15) is 45.9 Å². The third-order valence-electron chi connectivity index (χ3n) is 8.03. The molecule has 4 aromatic carbocycles. The molecule has 0 aromatic heterocycles. The Morgan fingerprint density at radius 1 is 0.621 bits per heavy atom. The van der Waals surface area contributed by atoms with Crippen molar-refractivity contribution >= 4 is 58.6 Å². The molecule has 2 aliphatic rings. The number of ether oxygens (including phenoxy) is 2.